The highest BCUT2D eigenvalue weighted by Gasteiger charge is 2.59. The lowest BCUT2D eigenvalue weighted by Gasteiger charge is -2.68. The van der Waals surface area contributed by atoms with E-state index in [2.05, 4.69) is 63.2 Å². The van der Waals surface area contributed by atoms with Gasteiger partial charge in [0.25, 0.3) is 0 Å². The van der Waals surface area contributed by atoms with Crippen LogP contribution in [0, 0.1) is 11.3 Å². The Kier molecular flexibility index (Phi) is 4.39. The van der Waals surface area contributed by atoms with Crippen LogP contribution in [0.3, 0.4) is 0 Å². The summed E-state index contributed by atoms with van der Waals surface area (Å²) in [4.78, 5) is 8.09. The summed E-state index contributed by atoms with van der Waals surface area (Å²) in [7, 11) is 0. The average Bonchev–Trinajstić information content (AvgIpc) is 2.38. The van der Waals surface area contributed by atoms with Gasteiger partial charge in [-0.1, -0.05) is 0 Å². The Labute approximate surface area is 144 Å². The van der Waals surface area contributed by atoms with E-state index in [9.17, 15) is 0 Å². The van der Waals surface area contributed by atoms with Gasteiger partial charge in [-0.15, -0.1) is 0 Å². The van der Waals surface area contributed by atoms with Gasteiger partial charge in [-0.3, -0.25) is 9.80 Å². The standard InChI is InChI=1S/C20H39N3/c1-16-20(15-23(16)19(5,6)7)13-21(14-20)12-17-8-10-22(11-9-17)18(2,3)4/h16-17H,8-15H2,1-7H3/t16-/m1/s1. The van der Waals surface area contributed by atoms with Crippen molar-refractivity contribution >= 4 is 0 Å². The van der Waals surface area contributed by atoms with Crippen molar-refractivity contribution in [1.29, 1.82) is 0 Å². The first kappa shape index (κ1) is 17.7. The van der Waals surface area contributed by atoms with Gasteiger partial charge in [0.05, 0.1) is 0 Å². The highest BCUT2D eigenvalue weighted by molar-refractivity contribution is 5.13. The molecule has 1 atom stereocenters. The van der Waals surface area contributed by atoms with Gasteiger partial charge >= 0.3 is 0 Å². The summed E-state index contributed by atoms with van der Waals surface area (Å²) >= 11 is 0. The average molecular weight is 322 g/mol. The third-order valence-corrected chi connectivity index (χ3v) is 6.86. The number of likely N-dealkylation sites (tertiary alicyclic amines) is 3. The normalized spacial score (nSPS) is 31.2. The molecule has 0 aliphatic carbocycles. The zero-order valence-electron chi connectivity index (χ0n) is 16.7. The van der Waals surface area contributed by atoms with Crippen LogP contribution in [0.5, 0.6) is 0 Å². The topological polar surface area (TPSA) is 9.72 Å². The molecule has 23 heavy (non-hydrogen) atoms. The van der Waals surface area contributed by atoms with Crippen LogP contribution in [0.2, 0.25) is 0 Å². The molecule has 0 aromatic carbocycles. The SMILES string of the molecule is C[C@H]1N(C(C)(C)C)CC12CN(CC1CCN(C(C)(C)C)CC1)C2. The monoisotopic (exact) mass is 321 g/mol. The second kappa shape index (κ2) is 5.71. The van der Waals surface area contributed by atoms with Crippen LogP contribution >= 0.6 is 0 Å². The first-order valence-corrected chi connectivity index (χ1v) is 9.75. The number of piperidine rings is 1. The Balaban J connectivity index is 1.41. The van der Waals surface area contributed by atoms with Gasteiger partial charge in [0.2, 0.25) is 0 Å². The third kappa shape index (κ3) is 3.34. The van der Waals surface area contributed by atoms with Gasteiger partial charge in [-0.05, 0) is 80.3 Å². The van der Waals surface area contributed by atoms with Crippen molar-refractivity contribution in [3.8, 4) is 0 Å². The van der Waals surface area contributed by atoms with Crippen LogP contribution in [0.25, 0.3) is 0 Å². The Morgan fingerprint density at radius 3 is 1.87 bits per heavy atom. The van der Waals surface area contributed by atoms with Crippen LogP contribution < -0.4 is 0 Å². The zero-order valence-corrected chi connectivity index (χ0v) is 16.7. The summed E-state index contributed by atoms with van der Waals surface area (Å²) in [5.74, 6) is 0.931. The summed E-state index contributed by atoms with van der Waals surface area (Å²) < 4.78 is 0. The third-order valence-electron chi connectivity index (χ3n) is 6.86. The van der Waals surface area contributed by atoms with Crippen LogP contribution in [0.4, 0.5) is 0 Å². The number of hydrogen-bond acceptors (Lipinski definition) is 3. The van der Waals surface area contributed by atoms with Crippen molar-refractivity contribution in [3.63, 3.8) is 0 Å². The Morgan fingerprint density at radius 2 is 1.43 bits per heavy atom. The molecule has 0 saturated carbocycles. The van der Waals surface area contributed by atoms with Gasteiger partial charge in [-0.25, -0.2) is 0 Å². The fourth-order valence-corrected chi connectivity index (χ4v) is 5.13. The Hall–Kier alpha value is -0.120. The van der Waals surface area contributed by atoms with Crippen LogP contribution in [0.1, 0.15) is 61.3 Å². The molecule has 3 rings (SSSR count). The molecule has 3 heterocycles. The molecule has 3 saturated heterocycles. The predicted octanol–water partition coefficient (Wildman–Crippen LogP) is 3.30. The van der Waals surface area contributed by atoms with Crippen LogP contribution in [-0.4, -0.2) is 71.1 Å². The van der Waals surface area contributed by atoms with E-state index < -0.39 is 0 Å². The Morgan fingerprint density at radius 1 is 0.870 bits per heavy atom. The predicted molar refractivity (Wildman–Crippen MR) is 98.8 cm³/mol. The molecule has 0 N–H and O–H groups in total. The number of hydrogen-bond donors (Lipinski definition) is 0. The van der Waals surface area contributed by atoms with Gasteiger partial charge in [0, 0.05) is 48.7 Å². The second-order valence-corrected chi connectivity index (χ2v) is 10.6. The molecular weight excluding hydrogens is 282 g/mol. The van der Waals surface area contributed by atoms with E-state index in [0.29, 0.717) is 16.5 Å². The van der Waals surface area contributed by atoms with Crippen LogP contribution in [0.15, 0.2) is 0 Å². The first-order chi connectivity index (χ1) is 10.5. The molecule has 0 bridgehead atoms. The zero-order chi connectivity index (χ0) is 17.0. The molecule has 0 aromatic heterocycles. The highest BCUT2D eigenvalue weighted by atomic mass is 15.4. The molecule has 0 amide bonds. The lowest BCUT2D eigenvalue weighted by atomic mass is 9.64. The maximum absolute atomic E-state index is 2.74. The number of nitrogens with zero attached hydrogens (tertiary/aromatic N) is 3. The molecule has 0 unspecified atom stereocenters. The van der Waals surface area contributed by atoms with Gasteiger partial charge in [0.1, 0.15) is 0 Å². The molecular formula is C20H39N3. The van der Waals surface area contributed by atoms with Crippen molar-refractivity contribution in [2.75, 3.05) is 39.3 Å². The molecule has 134 valence electrons. The van der Waals surface area contributed by atoms with E-state index in [0.717, 1.165) is 12.0 Å². The molecule has 3 heteroatoms. The highest BCUT2D eigenvalue weighted by Crippen LogP contribution is 2.48. The van der Waals surface area contributed by atoms with Crippen molar-refractivity contribution < 1.29 is 0 Å². The summed E-state index contributed by atoms with van der Waals surface area (Å²) in [5, 5.41) is 0. The minimum Gasteiger partial charge on any atom is -0.302 e. The number of rotatable bonds is 2. The molecule has 3 nitrogen and oxygen atoms in total. The molecule has 3 aliphatic heterocycles. The molecule has 0 radical (unpaired) electrons. The minimum absolute atomic E-state index is 0.338. The Bertz CT molecular complexity index is 417. The summed E-state index contributed by atoms with van der Waals surface area (Å²) in [6, 6.07) is 0.765. The van der Waals surface area contributed by atoms with Gasteiger partial charge in [0.15, 0.2) is 0 Å². The maximum Gasteiger partial charge on any atom is 0.0238 e. The van der Waals surface area contributed by atoms with Gasteiger partial charge < -0.3 is 4.90 Å². The summed E-state index contributed by atoms with van der Waals surface area (Å²) in [5.41, 5.74) is 1.31. The van der Waals surface area contributed by atoms with Crippen molar-refractivity contribution in [1.82, 2.24) is 14.7 Å². The van der Waals surface area contributed by atoms with E-state index in [1.54, 1.807) is 0 Å². The molecule has 3 fully saturated rings. The maximum atomic E-state index is 2.74. The summed E-state index contributed by atoms with van der Waals surface area (Å²) in [6.45, 7) is 24.5. The van der Waals surface area contributed by atoms with Crippen molar-refractivity contribution in [2.24, 2.45) is 11.3 Å². The van der Waals surface area contributed by atoms with Crippen molar-refractivity contribution in [3.05, 3.63) is 0 Å². The molecule has 0 aromatic rings. The van der Waals surface area contributed by atoms with E-state index in [-0.39, 0.29) is 0 Å². The summed E-state index contributed by atoms with van der Waals surface area (Å²) in [6.07, 6.45) is 2.79. The molecule has 3 aliphatic rings. The largest absolute Gasteiger partial charge is 0.302 e. The van der Waals surface area contributed by atoms with Crippen molar-refractivity contribution in [2.45, 2.75) is 78.4 Å². The molecule has 1 spiro atoms. The quantitative estimate of drug-likeness (QED) is 0.772. The van der Waals surface area contributed by atoms with E-state index >= 15 is 0 Å². The lowest BCUT2D eigenvalue weighted by Crippen LogP contribution is -2.79. The van der Waals surface area contributed by atoms with Crippen LogP contribution in [-0.2, 0) is 0 Å². The lowest BCUT2D eigenvalue weighted by molar-refractivity contribution is -0.190. The second-order valence-electron chi connectivity index (χ2n) is 10.6. The smallest absolute Gasteiger partial charge is 0.0238 e. The van der Waals surface area contributed by atoms with Gasteiger partial charge in [-0.2, -0.15) is 0 Å². The fraction of sp³-hybridized carbons (Fsp3) is 1.00. The van der Waals surface area contributed by atoms with E-state index in [1.807, 2.05) is 0 Å². The van der Waals surface area contributed by atoms with E-state index in [4.69, 9.17) is 0 Å². The first-order valence-electron chi connectivity index (χ1n) is 9.75. The minimum atomic E-state index is 0.338. The fourth-order valence-electron chi connectivity index (χ4n) is 5.13. The van der Waals surface area contributed by atoms with E-state index in [1.165, 1.54) is 52.1 Å².